The molecule has 0 aliphatic rings. The number of amides is 1. The van der Waals surface area contributed by atoms with Crippen molar-refractivity contribution in [2.24, 2.45) is 7.05 Å². The fraction of sp³-hybridized carbons (Fsp3) is 0.278. The van der Waals surface area contributed by atoms with Crippen LogP contribution >= 0.6 is 0 Å². The maximum Gasteiger partial charge on any atom is 0.253 e. The number of aryl methyl sites for hydroxylation is 1. The van der Waals surface area contributed by atoms with Crippen LogP contribution in [0.2, 0.25) is 0 Å². The first-order valence-corrected chi connectivity index (χ1v) is 8.01. The molecular weight excluding hydrogens is 323 g/mol. The molecule has 6 nitrogen and oxygen atoms in total. The summed E-state index contributed by atoms with van der Waals surface area (Å²) in [6.07, 6.45) is 2.39. The number of imidazole rings is 1. The van der Waals surface area contributed by atoms with E-state index in [9.17, 15) is 14.3 Å². The first-order valence-electron chi connectivity index (χ1n) is 8.01. The molecule has 2 heterocycles. The molecule has 130 valence electrons. The molecule has 1 aromatic carbocycles. The van der Waals surface area contributed by atoms with Crippen molar-refractivity contribution in [3.8, 4) is 0 Å². The van der Waals surface area contributed by atoms with Gasteiger partial charge in [-0.3, -0.25) is 4.79 Å². The molecule has 0 saturated carbocycles. The predicted octanol–water partition coefficient (Wildman–Crippen LogP) is 2.35. The first kappa shape index (κ1) is 17.0. The number of carbonyl (C=O) groups excluding carboxylic acids is 1. The molecule has 0 spiro atoms. The summed E-state index contributed by atoms with van der Waals surface area (Å²) in [4.78, 5) is 20.9. The van der Waals surface area contributed by atoms with Gasteiger partial charge in [0.1, 0.15) is 17.4 Å². The molecule has 7 heteroatoms. The van der Waals surface area contributed by atoms with Crippen LogP contribution in [0.4, 0.5) is 4.39 Å². The lowest BCUT2D eigenvalue weighted by molar-refractivity contribution is 0.0819. The zero-order valence-corrected chi connectivity index (χ0v) is 14.0. The molecule has 2 N–H and O–H groups in total. The molecule has 0 unspecified atom stereocenters. The fourth-order valence-electron chi connectivity index (χ4n) is 2.73. The van der Waals surface area contributed by atoms with E-state index in [-0.39, 0.29) is 11.5 Å². The number of rotatable bonds is 5. The van der Waals surface area contributed by atoms with E-state index in [0.717, 1.165) is 0 Å². The highest BCUT2D eigenvalue weighted by Gasteiger charge is 2.24. The lowest BCUT2D eigenvalue weighted by Gasteiger charge is -2.23. The van der Waals surface area contributed by atoms with Crippen molar-refractivity contribution in [1.82, 2.24) is 19.9 Å². The van der Waals surface area contributed by atoms with Crippen molar-refractivity contribution in [1.29, 1.82) is 0 Å². The Kier molecular flexibility index (Phi) is 4.76. The molecule has 25 heavy (non-hydrogen) atoms. The Balaban J connectivity index is 1.80. The number of aliphatic hydroxyl groups excluding tert-OH is 1. The van der Waals surface area contributed by atoms with Gasteiger partial charge < -0.3 is 15.0 Å². The molecule has 2 aromatic heterocycles. The zero-order chi connectivity index (χ0) is 18.0. The molecule has 3 aromatic rings. The summed E-state index contributed by atoms with van der Waals surface area (Å²) in [5.74, 6) is -0.887. The van der Waals surface area contributed by atoms with Crippen molar-refractivity contribution in [3.05, 3.63) is 59.8 Å². The summed E-state index contributed by atoms with van der Waals surface area (Å²) >= 11 is 0. The Morgan fingerprint density at radius 1 is 1.36 bits per heavy atom. The third-order valence-corrected chi connectivity index (χ3v) is 4.17. The van der Waals surface area contributed by atoms with E-state index in [1.165, 1.54) is 18.3 Å². The number of aromatic nitrogens is 3. The van der Waals surface area contributed by atoms with Gasteiger partial charge in [-0.2, -0.15) is 0 Å². The number of pyridine rings is 1. The van der Waals surface area contributed by atoms with Crippen LogP contribution in [0.15, 0.2) is 42.9 Å². The normalized spacial score (nSPS) is 13.6. The maximum absolute atomic E-state index is 13.9. The smallest absolute Gasteiger partial charge is 0.253 e. The molecule has 0 fully saturated rings. The number of nitrogens with one attached hydrogen (secondary N) is 1. The molecule has 0 radical (unpaired) electrons. The van der Waals surface area contributed by atoms with Crippen molar-refractivity contribution in [3.63, 3.8) is 0 Å². The van der Waals surface area contributed by atoms with E-state index in [1.54, 1.807) is 29.1 Å². The number of hydrogen-bond donors (Lipinski definition) is 2. The Labute approximate surface area is 144 Å². The number of carbonyl (C=O) groups is 1. The summed E-state index contributed by atoms with van der Waals surface area (Å²) in [5, 5.41) is 13.2. The monoisotopic (exact) mass is 342 g/mol. The van der Waals surface area contributed by atoms with E-state index in [0.29, 0.717) is 23.1 Å². The number of hydrogen-bond acceptors (Lipinski definition) is 4. The maximum atomic E-state index is 13.9. The minimum Gasteiger partial charge on any atom is -0.386 e. The van der Waals surface area contributed by atoms with Gasteiger partial charge in [-0.1, -0.05) is 25.1 Å². The summed E-state index contributed by atoms with van der Waals surface area (Å²) in [7, 11) is 1.82. The molecule has 0 saturated heterocycles. The summed E-state index contributed by atoms with van der Waals surface area (Å²) in [6.45, 7) is 1.81. The zero-order valence-electron chi connectivity index (χ0n) is 14.0. The van der Waals surface area contributed by atoms with Crippen LogP contribution in [-0.4, -0.2) is 31.6 Å². The van der Waals surface area contributed by atoms with Crippen LogP contribution in [0.25, 0.3) is 11.2 Å². The van der Waals surface area contributed by atoms with Crippen LogP contribution < -0.4 is 5.32 Å². The average Bonchev–Trinajstić information content (AvgIpc) is 3.00. The van der Waals surface area contributed by atoms with Gasteiger partial charge in [-0.25, -0.2) is 14.4 Å². The second-order valence-corrected chi connectivity index (χ2v) is 5.88. The Morgan fingerprint density at radius 2 is 2.12 bits per heavy atom. The standard InChI is InChI=1S/C18H19FN4O2/c1-3-14(16(24)12-6-4-5-7-13(12)19)22-18(25)11-8-15-17(20-9-11)23(2)10-21-15/h4-10,14,16,24H,3H2,1-2H3,(H,22,25)/t14-,16-/m1/s1. The average molecular weight is 342 g/mol. The highest BCUT2D eigenvalue weighted by molar-refractivity contribution is 5.96. The largest absolute Gasteiger partial charge is 0.386 e. The molecule has 2 atom stereocenters. The van der Waals surface area contributed by atoms with E-state index in [2.05, 4.69) is 15.3 Å². The third kappa shape index (κ3) is 3.36. The summed E-state index contributed by atoms with van der Waals surface area (Å²) in [5.41, 5.74) is 1.78. The Hall–Kier alpha value is -2.80. The highest BCUT2D eigenvalue weighted by atomic mass is 19.1. The number of fused-ring (bicyclic) bond motifs is 1. The summed E-state index contributed by atoms with van der Waals surface area (Å²) < 4.78 is 15.6. The van der Waals surface area contributed by atoms with Gasteiger partial charge in [0.2, 0.25) is 0 Å². The third-order valence-electron chi connectivity index (χ3n) is 4.17. The molecule has 3 rings (SSSR count). The molecular formula is C18H19FN4O2. The van der Waals surface area contributed by atoms with Crippen molar-refractivity contribution in [2.75, 3.05) is 0 Å². The van der Waals surface area contributed by atoms with Gasteiger partial charge in [0.25, 0.3) is 5.91 Å². The highest BCUT2D eigenvalue weighted by Crippen LogP contribution is 2.22. The molecule has 0 bridgehead atoms. The van der Waals surface area contributed by atoms with Crippen LogP contribution in [0, 0.1) is 5.82 Å². The minimum absolute atomic E-state index is 0.160. The first-order chi connectivity index (χ1) is 12.0. The van der Waals surface area contributed by atoms with Gasteiger partial charge in [0, 0.05) is 18.8 Å². The van der Waals surface area contributed by atoms with Crippen molar-refractivity contribution >= 4 is 17.1 Å². The molecule has 0 aliphatic heterocycles. The van der Waals surface area contributed by atoms with Gasteiger partial charge in [0.15, 0.2) is 5.65 Å². The number of benzene rings is 1. The lowest BCUT2D eigenvalue weighted by atomic mass is 9.99. The second kappa shape index (κ2) is 6.98. The number of halogens is 1. The van der Waals surface area contributed by atoms with E-state index < -0.39 is 18.0 Å². The Morgan fingerprint density at radius 3 is 2.84 bits per heavy atom. The van der Waals surface area contributed by atoms with E-state index in [1.807, 2.05) is 14.0 Å². The fourth-order valence-corrected chi connectivity index (χ4v) is 2.73. The van der Waals surface area contributed by atoms with Crippen LogP contribution in [0.1, 0.15) is 35.4 Å². The summed E-state index contributed by atoms with van der Waals surface area (Å²) in [6, 6.07) is 7.01. The quantitative estimate of drug-likeness (QED) is 0.746. The number of nitrogens with zero attached hydrogens (tertiary/aromatic N) is 3. The second-order valence-electron chi connectivity index (χ2n) is 5.88. The molecule has 0 aliphatic carbocycles. The predicted molar refractivity (Wildman–Crippen MR) is 91.4 cm³/mol. The van der Waals surface area contributed by atoms with Crippen molar-refractivity contribution < 1.29 is 14.3 Å². The van der Waals surface area contributed by atoms with E-state index >= 15 is 0 Å². The lowest BCUT2D eigenvalue weighted by Crippen LogP contribution is -2.39. The van der Waals surface area contributed by atoms with Gasteiger partial charge in [-0.05, 0) is 18.6 Å². The van der Waals surface area contributed by atoms with Gasteiger partial charge >= 0.3 is 0 Å². The van der Waals surface area contributed by atoms with Gasteiger partial charge in [-0.15, -0.1) is 0 Å². The van der Waals surface area contributed by atoms with Gasteiger partial charge in [0.05, 0.1) is 17.9 Å². The van der Waals surface area contributed by atoms with E-state index in [4.69, 9.17) is 0 Å². The van der Waals surface area contributed by atoms with Crippen LogP contribution in [0.3, 0.4) is 0 Å². The van der Waals surface area contributed by atoms with Crippen LogP contribution in [-0.2, 0) is 7.05 Å². The topological polar surface area (TPSA) is 80.0 Å². The molecule has 1 amide bonds. The van der Waals surface area contributed by atoms with Crippen LogP contribution in [0.5, 0.6) is 0 Å². The minimum atomic E-state index is -1.14. The number of aliphatic hydroxyl groups is 1. The SMILES string of the molecule is CC[C@@H](NC(=O)c1cnc2c(c1)ncn2C)[C@H](O)c1ccccc1F. The van der Waals surface area contributed by atoms with Crippen molar-refractivity contribution in [2.45, 2.75) is 25.5 Å². The Bertz CT molecular complexity index is 909.